The molecule has 4 saturated carbocycles. The van der Waals surface area contributed by atoms with Gasteiger partial charge >= 0.3 is 0 Å². The van der Waals surface area contributed by atoms with E-state index in [9.17, 15) is 0 Å². The van der Waals surface area contributed by atoms with Crippen molar-refractivity contribution in [1.82, 2.24) is 10.4 Å². The van der Waals surface area contributed by atoms with Crippen LogP contribution in [0.5, 0.6) is 0 Å². The molecule has 21 heavy (non-hydrogen) atoms. The molecule has 5 rings (SSSR count). The highest BCUT2D eigenvalue weighted by atomic mass is 15.2. The summed E-state index contributed by atoms with van der Waals surface area (Å²) in [5, 5.41) is 0. The van der Waals surface area contributed by atoms with Gasteiger partial charge in [-0.25, -0.2) is 0 Å². The van der Waals surface area contributed by atoms with E-state index in [-0.39, 0.29) is 0 Å². The van der Waals surface area contributed by atoms with Gasteiger partial charge in [0.1, 0.15) is 0 Å². The predicted molar refractivity (Wildman–Crippen MR) is 84.3 cm³/mol. The van der Waals surface area contributed by atoms with Crippen molar-refractivity contribution in [3.63, 3.8) is 0 Å². The molecule has 1 unspecified atom stereocenters. The second-order valence-corrected chi connectivity index (χ2v) is 8.04. The van der Waals surface area contributed by atoms with Gasteiger partial charge in [0.05, 0.1) is 0 Å². The largest absolute Gasteiger partial charge is 0.271 e. The lowest BCUT2D eigenvalue weighted by atomic mass is 9.48. The Labute approximate surface area is 127 Å². The zero-order chi connectivity index (χ0) is 14.3. The predicted octanol–water partition coefficient (Wildman–Crippen LogP) is 3.06. The van der Waals surface area contributed by atoms with Gasteiger partial charge in [0.2, 0.25) is 0 Å². The maximum Gasteiger partial charge on any atom is 0.0270 e. The summed E-state index contributed by atoms with van der Waals surface area (Å²) in [6.07, 6.45) is 15.0. The van der Waals surface area contributed by atoms with Crippen molar-refractivity contribution in [3.05, 3.63) is 30.1 Å². The fraction of sp³-hybridized carbons (Fsp3) is 0.722. The highest BCUT2D eigenvalue weighted by molar-refractivity contribution is 5.12. The van der Waals surface area contributed by atoms with E-state index in [1.54, 1.807) is 0 Å². The van der Waals surface area contributed by atoms with Crippen LogP contribution in [-0.2, 0) is 6.42 Å². The Bertz CT molecular complexity index is 449. The lowest BCUT2D eigenvalue weighted by Crippen LogP contribution is -2.50. The molecular weight excluding hydrogens is 258 g/mol. The van der Waals surface area contributed by atoms with Gasteiger partial charge in [-0.1, -0.05) is 0 Å². The highest BCUT2D eigenvalue weighted by Gasteiger charge is 2.51. The van der Waals surface area contributed by atoms with Gasteiger partial charge in [0.15, 0.2) is 0 Å². The van der Waals surface area contributed by atoms with Crippen LogP contribution in [0.4, 0.5) is 0 Å². The van der Waals surface area contributed by atoms with Gasteiger partial charge < -0.3 is 0 Å². The van der Waals surface area contributed by atoms with Crippen LogP contribution in [0.1, 0.15) is 50.5 Å². The van der Waals surface area contributed by atoms with Gasteiger partial charge in [-0.2, -0.15) is 0 Å². The van der Waals surface area contributed by atoms with Crippen LogP contribution < -0.4 is 11.3 Å². The molecule has 0 saturated heterocycles. The zero-order valence-electron chi connectivity index (χ0n) is 12.8. The Kier molecular flexibility index (Phi) is 3.50. The summed E-state index contributed by atoms with van der Waals surface area (Å²) in [5.74, 6) is 8.96. The van der Waals surface area contributed by atoms with Gasteiger partial charge in [-0.3, -0.25) is 16.3 Å². The third-order valence-corrected chi connectivity index (χ3v) is 6.31. The molecule has 0 radical (unpaired) electrons. The fourth-order valence-corrected chi connectivity index (χ4v) is 6.06. The molecule has 3 N–H and O–H groups in total. The topological polar surface area (TPSA) is 50.9 Å². The number of hydrogen-bond acceptors (Lipinski definition) is 3. The van der Waals surface area contributed by atoms with Crippen LogP contribution in [0.15, 0.2) is 24.5 Å². The maximum absolute atomic E-state index is 5.88. The summed E-state index contributed by atoms with van der Waals surface area (Å²) < 4.78 is 0. The molecule has 0 amide bonds. The van der Waals surface area contributed by atoms with Crippen molar-refractivity contribution >= 4 is 0 Å². The molecule has 1 heterocycles. The third kappa shape index (κ3) is 2.74. The van der Waals surface area contributed by atoms with Crippen LogP contribution in [-0.4, -0.2) is 11.0 Å². The van der Waals surface area contributed by atoms with Crippen LogP contribution in [0.2, 0.25) is 0 Å². The van der Waals surface area contributed by atoms with E-state index in [0.717, 1.165) is 24.2 Å². The number of aromatic nitrogens is 1. The molecule has 4 aliphatic carbocycles. The highest BCUT2D eigenvalue weighted by Crippen LogP contribution is 2.61. The first kappa shape index (κ1) is 13.7. The zero-order valence-corrected chi connectivity index (χ0v) is 12.8. The van der Waals surface area contributed by atoms with Crippen molar-refractivity contribution in [3.8, 4) is 0 Å². The SMILES string of the molecule is NNC(Cc1ccncc1)CC12CC3CC(CC(C3)C1)C2. The standard InChI is InChI=1S/C18H27N3/c19-21-17(8-13-1-3-20-4-2-13)12-18-9-14-5-15(10-18)7-16(6-14)11-18/h1-4,14-17,21H,5-12,19H2. The normalized spacial score (nSPS) is 38.6. The molecule has 3 nitrogen and oxygen atoms in total. The molecule has 3 heteroatoms. The second kappa shape index (κ2) is 5.36. The monoisotopic (exact) mass is 285 g/mol. The minimum atomic E-state index is 0.406. The van der Waals surface area contributed by atoms with Gasteiger partial charge in [-0.05, 0) is 92.2 Å². The Morgan fingerprint density at radius 2 is 1.67 bits per heavy atom. The van der Waals surface area contributed by atoms with Gasteiger partial charge in [0, 0.05) is 18.4 Å². The number of hydrogen-bond donors (Lipinski definition) is 2. The number of pyridine rings is 1. The number of nitrogens with zero attached hydrogens (tertiary/aromatic N) is 1. The first-order valence-corrected chi connectivity index (χ1v) is 8.60. The number of rotatable bonds is 5. The van der Waals surface area contributed by atoms with Crippen molar-refractivity contribution in [2.45, 2.75) is 57.4 Å². The van der Waals surface area contributed by atoms with E-state index in [4.69, 9.17) is 5.84 Å². The Balaban J connectivity index is 1.46. The molecule has 0 aliphatic heterocycles. The molecule has 4 fully saturated rings. The second-order valence-electron chi connectivity index (χ2n) is 8.04. The maximum atomic E-state index is 5.88. The van der Waals surface area contributed by atoms with Crippen molar-refractivity contribution in [2.24, 2.45) is 29.0 Å². The van der Waals surface area contributed by atoms with Crippen molar-refractivity contribution in [2.75, 3.05) is 0 Å². The molecular formula is C18H27N3. The van der Waals surface area contributed by atoms with Crippen molar-refractivity contribution < 1.29 is 0 Å². The smallest absolute Gasteiger partial charge is 0.0270 e. The molecule has 4 aliphatic rings. The van der Waals surface area contributed by atoms with E-state index in [2.05, 4.69) is 22.5 Å². The third-order valence-electron chi connectivity index (χ3n) is 6.31. The quantitative estimate of drug-likeness (QED) is 0.646. The summed E-state index contributed by atoms with van der Waals surface area (Å²) >= 11 is 0. The summed E-state index contributed by atoms with van der Waals surface area (Å²) in [5.41, 5.74) is 5.05. The first-order valence-electron chi connectivity index (χ1n) is 8.60. The molecule has 1 atom stereocenters. The first-order chi connectivity index (χ1) is 10.2. The van der Waals surface area contributed by atoms with Crippen molar-refractivity contribution in [1.29, 1.82) is 0 Å². The number of hydrazine groups is 1. The minimum Gasteiger partial charge on any atom is -0.271 e. The van der Waals surface area contributed by atoms with Crippen LogP contribution >= 0.6 is 0 Å². The molecule has 1 aromatic rings. The van der Waals surface area contributed by atoms with Gasteiger partial charge in [-0.15, -0.1) is 0 Å². The van der Waals surface area contributed by atoms with E-state index in [0.29, 0.717) is 11.5 Å². The summed E-state index contributed by atoms with van der Waals surface area (Å²) in [4.78, 5) is 4.11. The van der Waals surface area contributed by atoms with E-state index in [1.165, 1.54) is 50.5 Å². The molecule has 114 valence electrons. The lowest BCUT2D eigenvalue weighted by Gasteiger charge is -2.57. The Hall–Kier alpha value is -0.930. The molecule has 0 aromatic carbocycles. The summed E-state index contributed by atoms with van der Waals surface area (Å²) in [7, 11) is 0. The number of nitrogens with one attached hydrogen (secondary N) is 1. The van der Waals surface area contributed by atoms with E-state index >= 15 is 0 Å². The average Bonchev–Trinajstić information content (AvgIpc) is 2.46. The minimum absolute atomic E-state index is 0.406. The average molecular weight is 285 g/mol. The van der Waals surface area contributed by atoms with Crippen LogP contribution in [0.25, 0.3) is 0 Å². The summed E-state index contributed by atoms with van der Waals surface area (Å²) in [6.45, 7) is 0. The Morgan fingerprint density at radius 1 is 1.10 bits per heavy atom. The Morgan fingerprint density at radius 3 is 2.19 bits per heavy atom. The summed E-state index contributed by atoms with van der Waals surface area (Å²) in [6, 6.07) is 4.64. The fourth-order valence-electron chi connectivity index (χ4n) is 6.06. The van der Waals surface area contributed by atoms with E-state index in [1.807, 2.05) is 12.4 Å². The van der Waals surface area contributed by atoms with Crippen LogP contribution in [0, 0.1) is 23.2 Å². The number of nitrogens with two attached hydrogens (primary N) is 1. The molecule has 0 spiro atoms. The lowest BCUT2D eigenvalue weighted by molar-refractivity contribution is -0.0620. The van der Waals surface area contributed by atoms with E-state index < -0.39 is 0 Å². The molecule has 1 aromatic heterocycles. The van der Waals surface area contributed by atoms with Gasteiger partial charge in [0.25, 0.3) is 0 Å². The van der Waals surface area contributed by atoms with Crippen LogP contribution in [0.3, 0.4) is 0 Å². The molecule has 4 bridgehead atoms.